The van der Waals surface area contributed by atoms with Crippen LogP contribution in [0.4, 0.5) is 0 Å². The minimum atomic E-state index is -0.701. The molecule has 1 aromatic heterocycles. The summed E-state index contributed by atoms with van der Waals surface area (Å²) in [4.78, 5) is 0. The summed E-state index contributed by atoms with van der Waals surface area (Å²) in [5.74, 6) is -2.66. The third kappa shape index (κ3) is 1.77. The minimum absolute atomic E-state index is 0.149. The molecule has 0 unspecified atom stereocenters. The first-order valence-electron chi connectivity index (χ1n) is 7.16. The van der Waals surface area contributed by atoms with E-state index >= 15 is 0 Å². The van der Waals surface area contributed by atoms with E-state index in [9.17, 15) is 20.4 Å². The summed E-state index contributed by atoms with van der Waals surface area (Å²) >= 11 is 0. The summed E-state index contributed by atoms with van der Waals surface area (Å²) < 4.78 is 5.84. The van der Waals surface area contributed by atoms with Gasteiger partial charge in [0, 0.05) is 16.3 Å². The van der Waals surface area contributed by atoms with Gasteiger partial charge in [0.25, 0.3) is 0 Å². The molecule has 5 nitrogen and oxygen atoms in total. The van der Waals surface area contributed by atoms with Gasteiger partial charge in [0.15, 0.2) is 23.0 Å². The van der Waals surface area contributed by atoms with Crippen molar-refractivity contribution in [2.45, 2.75) is 0 Å². The Hall–Kier alpha value is -3.28. The van der Waals surface area contributed by atoms with E-state index in [4.69, 9.17) is 12.3 Å². The van der Waals surface area contributed by atoms with Gasteiger partial charge >= 0.3 is 0 Å². The van der Waals surface area contributed by atoms with Gasteiger partial charge in [0.2, 0.25) is 0 Å². The highest BCUT2D eigenvalue weighted by atomic mass is 16.3. The Balaban J connectivity index is 2.16. The van der Waals surface area contributed by atoms with Crippen molar-refractivity contribution in [3.63, 3.8) is 0 Å². The number of fused-ring (bicyclic) bond motifs is 3. The fraction of sp³-hybridized carbons (Fsp3) is 0. The van der Waals surface area contributed by atoms with E-state index in [-0.39, 0.29) is 5.56 Å². The molecule has 116 valence electrons. The number of para-hydroxylation sites is 2. The van der Waals surface area contributed by atoms with Crippen molar-refractivity contribution >= 4 is 35.2 Å². The van der Waals surface area contributed by atoms with Crippen molar-refractivity contribution < 1.29 is 24.8 Å². The highest BCUT2D eigenvalue weighted by Gasteiger charge is 2.24. The largest absolute Gasteiger partial charge is 0.505 e. The van der Waals surface area contributed by atoms with E-state index < -0.39 is 28.5 Å². The van der Waals surface area contributed by atoms with Crippen LogP contribution in [0.1, 0.15) is 0 Å². The average molecular weight is 318 g/mol. The second-order valence-electron chi connectivity index (χ2n) is 5.46. The van der Waals surface area contributed by atoms with Crippen molar-refractivity contribution in [1.29, 1.82) is 0 Å². The number of furan rings is 1. The molecule has 4 N–H and O–H groups in total. The SMILES string of the molecule is [B]c1c(O)c(O)c(-c2cccc3c2oc2ccccc23)c(O)c1O. The molecule has 0 saturated carbocycles. The van der Waals surface area contributed by atoms with Crippen LogP contribution in [0.3, 0.4) is 0 Å². The average Bonchev–Trinajstić information content (AvgIpc) is 2.98. The quantitative estimate of drug-likeness (QED) is 0.246. The van der Waals surface area contributed by atoms with Gasteiger partial charge in [0.1, 0.15) is 19.0 Å². The molecule has 0 aliphatic rings. The smallest absolute Gasteiger partial charge is 0.168 e. The molecule has 24 heavy (non-hydrogen) atoms. The summed E-state index contributed by atoms with van der Waals surface area (Å²) in [6.45, 7) is 0. The zero-order valence-electron chi connectivity index (χ0n) is 12.3. The van der Waals surface area contributed by atoms with Gasteiger partial charge in [-0.2, -0.15) is 0 Å². The molecule has 0 fully saturated rings. The van der Waals surface area contributed by atoms with Gasteiger partial charge < -0.3 is 24.8 Å². The van der Waals surface area contributed by atoms with Crippen molar-refractivity contribution in [1.82, 2.24) is 0 Å². The number of benzene rings is 3. The second kappa shape index (κ2) is 4.86. The van der Waals surface area contributed by atoms with Crippen LogP contribution in [-0.4, -0.2) is 28.3 Å². The van der Waals surface area contributed by atoms with Gasteiger partial charge in [-0.1, -0.05) is 36.4 Å². The standard InChI is InChI=1S/C18H11BO5/c19-13-16(22)14(20)12(15(21)17(13)23)10-6-3-5-9-8-4-1-2-7-11(8)24-18(9)10/h1-7,20-23H. The van der Waals surface area contributed by atoms with Gasteiger partial charge in [-0.05, 0) is 11.5 Å². The number of hydrogen-bond donors (Lipinski definition) is 4. The normalized spacial score (nSPS) is 11.3. The van der Waals surface area contributed by atoms with Crippen molar-refractivity contribution in [3.8, 4) is 34.1 Å². The van der Waals surface area contributed by atoms with Crippen LogP contribution in [0.15, 0.2) is 46.9 Å². The van der Waals surface area contributed by atoms with Crippen LogP contribution in [0, 0.1) is 0 Å². The van der Waals surface area contributed by atoms with E-state index in [2.05, 4.69) is 0 Å². The Morgan fingerprint density at radius 2 is 1.33 bits per heavy atom. The Bertz CT molecular complexity index is 1080. The van der Waals surface area contributed by atoms with E-state index in [1.807, 2.05) is 24.3 Å². The topological polar surface area (TPSA) is 94.1 Å². The summed E-state index contributed by atoms with van der Waals surface area (Å²) in [6, 6.07) is 12.6. The highest BCUT2D eigenvalue weighted by molar-refractivity contribution is 6.37. The van der Waals surface area contributed by atoms with Crippen LogP contribution in [0.25, 0.3) is 33.1 Å². The highest BCUT2D eigenvalue weighted by Crippen LogP contribution is 2.49. The molecule has 0 atom stereocenters. The number of rotatable bonds is 1. The van der Waals surface area contributed by atoms with Gasteiger partial charge in [-0.25, -0.2) is 0 Å². The fourth-order valence-corrected chi connectivity index (χ4v) is 2.92. The Morgan fingerprint density at radius 3 is 2.04 bits per heavy atom. The number of hydrogen-bond acceptors (Lipinski definition) is 5. The lowest BCUT2D eigenvalue weighted by atomic mass is 9.89. The van der Waals surface area contributed by atoms with Crippen molar-refractivity contribution in [3.05, 3.63) is 42.5 Å². The second-order valence-corrected chi connectivity index (χ2v) is 5.46. The zero-order chi connectivity index (χ0) is 17.0. The van der Waals surface area contributed by atoms with E-state index in [1.165, 1.54) is 0 Å². The van der Waals surface area contributed by atoms with Crippen LogP contribution in [0.2, 0.25) is 0 Å². The molecule has 0 spiro atoms. The Kier molecular flexibility index (Phi) is 2.90. The van der Waals surface area contributed by atoms with E-state index in [0.29, 0.717) is 16.7 Å². The van der Waals surface area contributed by atoms with E-state index in [0.717, 1.165) is 10.8 Å². The number of phenolic OH excluding ortho intramolecular Hbond substituents is 4. The maximum absolute atomic E-state index is 10.2. The number of aromatic hydroxyl groups is 4. The lowest BCUT2D eigenvalue weighted by molar-refractivity contribution is 0.380. The maximum atomic E-state index is 10.2. The molecule has 4 rings (SSSR count). The summed E-state index contributed by atoms with van der Waals surface area (Å²) in [6.07, 6.45) is 0. The predicted octanol–water partition coefficient (Wildman–Crippen LogP) is 2.87. The van der Waals surface area contributed by atoms with Gasteiger partial charge in [-0.15, -0.1) is 0 Å². The summed E-state index contributed by atoms with van der Waals surface area (Å²) in [5, 5.41) is 41.9. The molecule has 1 heterocycles. The first-order chi connectivity index (χ1) is 11.5. The molecule has 3 aromatic carbocycles. The summed E-state index contributed by atoms with van der Waals surface area (Å²) in [7, 11) is 5.46. The monoisotopic (exact) mass is 318 g/mol. The van der Waals surface area contributed by atoms with Gasteiger partial charge in [0.05, 0.1) is 5.56 Å². The maximum Gasteiger partial charge on any atom is 0.168 e. The Morgan fingerprint density at radius 1 is 0.708 bits per heavy atom. The predicted molar refractivity (Wildman–Crippen MR) is 91.2 cm³/mol. The van der Waals surface area contributed by atoms with Crippen LogP contribution in [-0.2, 0) is 0 Å². The van der Waals surface area contributed by atoms with Crippen molar-refractivity contribution in [2.24, 2.45) is 0 Å². The molecule has 0 saturated heterocycles. The molecule has 6 heteroatoms. The molecule has 0 aliphatic heterocycles. The van der Waals surface area contributed by atoms with Crippen molar-refractivity contribution in [2.75, 3.05) is 0 Å². The lowest BCUT2D eigenvalue weighted by Gasteiger charge is -2.14. The molecule has 0 aliphatic carbocycles. The molecule has 0 bridgehead atoms. The molecule has 0 amide bonds. The third-order valence-corrected chi connectivity index (χ3v) is 4.11. The van der Waals surface area contributed by atoms with E-state index in [1.54, 1.807) is 18.2 Å². The first kappa shape index (κ1) is 14.3. The van der Waals surface area contributed by atoms with Crippen LogP contribution in [0.5, 0.6) is 23.0 Å². The molecule has 4 aromatic rings. The fourth-order valence-electron chi connectivity index (χ4n) is 2.92. The zero-order valence-corrected chi connectivity index (χ0v) is 12.3. The Labute approximate surface area is 137 Å². The molecular formula is C18H11BO5. The molecule has 2 radical (unpaired) electrons. The summed E-state index contributed by atoms with van der Waals surface area (Å²) in [5.41, 5.74) is 0.731. The van der Waals surface area contributed by atoms with Gasteiger partial charge in [-0.3, -0.25) is 0 Å². The number of phenols is 4. The van der Waals surface area contributed by atoms with Crippen LogP contribution < -0.4 is 5.46 Å². The van der Waals surface area contributed by atoms with Crippen LogP contribution >= 0.6 is 0 Å². The third-order valence-electron chi connectivity index (χ3n) is 4.11. The minimum Gasteiger partial charge on any atom is -0.505 e. The molecular weight excluding hydrogens is 307 g/mol. The first-order valence-corrected chi connectivity index (χ1v) is 7.16. The lowest BCUT2D eigenvalue weighted by Crippen LogP contribution is -2.05.